The Morgan fingerprint density at radius 2 is 1.00 bits per heavy atom. The molecule has 0 aromatic carbocycles. The van der Waals surface area contributed by atoms with Crippen molar-refractivity contribution in [2.24, 2.45) is 0 Å². The predicted octanol–water partition coefficient (Wildman–Crippen LogP) is 2.93. The van der Waals surface area contributed by atoms with E-state index in [1.165, 1.54) is 11.0 Å². The lowest BCUT2D eigenvalue weighted by atomic mass is 10.5. The van der Waals surface area contributed by atoms with Crippen molar-refractivity contribution in [2.45, 2.75) is 0 Å². The predicted molar refractivity (Wildman–Crippen MR) is 95.0 cm³/mol. The monoisotopic (exact) mass is 380 g/mol. The van der Waals surface area contributed by atoms with Crippen LogP contribution >= 0.6 is 20.2 Å². The van der Waals surface area contributed by atoms with E-state index in [2.05, 4.69) is 0 Å². The van der Waals surface area contributed by atoms with E-state index in [4.69, 9.17) is 48.1 Å². The van der Waals surface area contributed by atoms with Gasteiger partial charge in [-0.25, -0.2) is 0 Å². The zero-order chi connectivity index (χ0) is 13.9. The summed E-state index contributed by atoms with van der Waals surface area (Å²) < 4.78 is -0.747. The Hall–Kier alpha value is 0.650. The van der Waals surface area contributed by atoms with Crippen molar-refractivity contribution in [2.75, 3.05) is 0 Å². The summed E-state index contributed by atoms with van der Waals surface area (Å²) in [4.78, 5) is 0. The number of aromatic nitrogens is 2. The minimum Gasteiger partial charge on any atom is -0.665 e. The van der Waals surface area contributed by atoms with E-state index in [9.17, 15) is 0 Å². The minimum atomic E-state index is -2.26. The summed E-state index contributed by atoms with van der Waals surface area (Å²) in [6, 6.07) is 11.5. The Bertz CT molecular complexity index is 592. The Labute approximate surface area is 137 Å². The molecule has 19 heavy (non-hydrogen) atoms. The van der Waals surface area contributed by atoms with Gasteiger partial charge in [0.2, 0.25) is 0 Å². The smallest absolute Gasteiger partial charge is 0.169 e. The van der Waals surface area contributed by atoms with Gasteiger partial charge in [-0.15, -0.1) is 0 Å². The van der Waals surface area contributed by atoms with Crippen LogP contribution in [0.1, 0.15) is 0 Å². The topological polar surface area (TPSA) is 7.76 Å². The molecule has 0 spiro atoms. The lowest BCUT2D eigenvalue weighted by Gasteiger charge is -2.28. The lowest BCUT2D eigenvalue weighted by molar-refractivity contribution is -0.506. The van der Waals surface area contributed by atoms with Crippen molar-refractivity contribution in [1.82, 2.24) is 0 Å². The summed E-state index contributed by atoms with van der Waals surface area (Å²) in [7, 11) is 0. The molecule has 2 aromatic heterocycles. The highest BCUT2D eigenvalue weighted by Crippen LogP contribution is 2.71. The molecule has 0 saturated heterocycles. The maximum absolute atomic E-state index is 5.59. The third-order valence-electron chi connectivity index (χ3n) is 2.17. The van der Waals surface area contributed by atoms with Crippen LogP contribution in [0.15, 0.2) is 61.2 Å². The fourth-order valence-electron chi connectivity index (χ4n) is 1.32. The summed E-state index contributed by atoms with van der Waals surface area (Å²) in [6.45, 7) is 0. The van der Waals surface area contributed by atoms with Crippen LogP contribution in [-0.4, -0.2) is 0 Å². The van der Waals surface area contributed by atoms with Crippen molar-refractivity contribution >= 4 is 68.3 Å². The SMILES string of the molecule is S=P([S-])(SP(=S)([S-])[n+]1ccccc1)[n+]1ccccc1. The molecule has 2 rings (SSSR count). The van der Waals surface area contributed by atoms with E-state index in [1.54, 1.807) is 0 Å². The summed E-state index contributed by atoms with van der Waals surface area (Å²) in [5.41, 5.74) is 0. The quantitative estimate of drug-likeness (QED) is 0.593. The molecule has 0 radical (unpaired) electrons. The van der Waals surface area contributed by atoms with Gasteiger partial charge >= 0.3 is 0 Å². The molecule has 0 fully saturated rings. The third-order valence-corrected chi connectivity index (χ3v) is 19.8. The van der Waals surface area contributed by atoms with Gasteiger partial charge in [-0.2, -0.15) is 8.68 Å². The highest BCUT2D eigenvalue weighted by atomic mass is 33.5. The molecule has 0 aliphatic heterocycles. The van der Waals surface area contributed by atoms with Crippen molar-refractivity contribution < 1.29 is 8.68 Å². The van der Waals surface area contributed by atoms with E-state index in [0.29, 0.717) is 0 Å². The maximum Gasteiger partial charge on any atom is 0.169 e. The molecule has 0 aliphatic carbocycles. The van der Waals surface area contributed by atoms with Gasteiger partial charge in [0.1, 0.15) is 9.18 Å². The molecule has 0 aliphatic rings. The zero-order valence-electron chi connectivity index (χ0n) is 9.60. The van der Waals surface area contributed by atoms with Gasteiger partial charge in [0, 0.05) is 24.3 Å². The van der Waals surface area contributed by atoms with E-state index in [-0.39, 0.29) is 0 Å². The van der Waals surface area contributed by atoms with Crippen molar-refractivity contribution in [3.8, 4) is 0 Å². The van der Waals surface area contributed by atoms with Crippen molar-refractivity contribution in [3.63, 3.8) is 0 Å². The Balaban J connectivity index is 2.31. The molecule has 2 aromatic rings. The standard InChI is InChI=1S/C10H10N2P2S5/c15-13(16,11-7-3-1-4-8-11)19-14(17,18)12-9-5-2-6-10-12/h1-10H. The number of hydrogen-bond donors (Lipinski definition) is 0. The van der Waals surface area contributed by atoms with Crippen LogP contribution in [0.4, 0.5) is 0 Å². The van der Waals surface area contributed by atoms with Crippen LogP contribution in [-0.2, 0) is 48.1 Å². The van der Waals surface area contributed by atoms with Crippen LogP contribution in [0, 0.1) is 0 Å². The first-order chi connectivity index (χ1) is 8.92. The van der Waals surface area contributed by atoms with Crippen LogP contribution in [0.25, 0.3) is 0 Å². The average Bonchev–Trinajstić information content (AvgIpc) is 2.40. The molecular weight excluding hydrogens is 370 g/mol. The molecule has 2 heterocycles. The van der Waals surface area contributed by atoms with Gasteiger partial charge < -0.3 is 24.5 Å². The van der Waals surface area contributed by atoms with E-state index >= 15 is 0 Å². The number of hydrogen-bond acceptors (Lipinski definition) is 5. The minimum absolute atomic E-state index is 1.42. The van der Waals surface area contributed by atoms with Crippen LogP contribution in [0.5, 0.6) is 0 Å². The first-order valence-corrected chi connectivity index (χ1v) is 14.8. The largest absolute Gasteiger partial charge is 0.665 e. The van der Waals surface area contributed by atoms with Gasteiger partial charge in [-0.05, 0) is 34.6 Å². The summed E-state index contributed by atoms with van der Waals surface area (Å²) in [6.07, 6.45) is 7.56. The molecule has 2 atom stereocenters. The Morgan fingerprint density at radius 3 is 1.32 bits per heavy atom. The Morgan fingerprint density at radius 1 is 0.684 bits per heavy atom. The normalized spacial score (nSPS) is 17.4. The van der Waals surface area contributed by atoms with Gasteiger partial charge in [0.25, 0.3) is 0 Å². The Kier molecular flexibility index (Phi) is 5.58. The van der Waals surface area contributed by atoms with E-state index < -0.39 is 9.18 Å². The second-order valence-corrected chi connectivity index (χ2v) is 22.1. The van der Waals surface area contributed by atoms with Gasteiger partial charge in [-0.1, -0.05) is 12.1 Å². The molecular formula is C10H10N2P2S5. The summed E-state index contributed by atoms with van der Waals surface area (Å²) in [5.74, 6) is 0. The van der Waals surface area contributed by atoms with E-state index in [1.807, 2.05) is 69.9 Å². The third kappa shape index (κ3) is 4.31. The molecule has 9 heteroatoms. The zero-order valence-corrected chi connectivity index (χ0v) is 15.5. The van der Waals surface area contributed by atoms with E-state index in [0.717, 1.165) is 0 Å². The van der Waals surface area contributed by atoms with Gasteiger partial charge in [-0.3, -0.25) is 0 Å². The first-order valence-electron chi connectivity index (χ1n) is 5.19. The summed E-state index contributed by atoms with van der Waals surface area (Å²) >= 11 is 23.8. The molecule has 2 nitrogen and oxygen atoms in total. The molecule has 100 valence electrons. The van der Waals surface area contributed by atoms with Crippen LogP contribution in [0.2, 0.25) is 0 Å². The number of rotatable bonds is 4. The van der Waals surface area contributed by atoms with Gasteiger partial charge in [0.05, 0.1) is 0 Å². The second kappa shape index (κ2) is 6.61. The number of pyridine rings is 2. The summed E-state index contributed by atoms with van der Waals surface area (Å²) in [5, 5.41) is 0. The van der Waals surface area contributed by atoms with Crippen molar-refractivity contribution in [1.29, 1.82) is 0 Å². The van der Waals surface area contributed by atoms with Crippen molar-refractivity contribution in [3.05, 3.63) is 61.2 Å². The molecule has 0 bridgehead atoms. The van der Waals surface area contributed by atoms with Gasteiger partial charge in [0.15, 0.2) is 24.8 Å². The molecule has 0 amide bonds. The van der Waals surface area contributed by atoms with Crippen LogP contribution < -0.4 is 8.68 Å². The average molecular weight is 380 g/mol. The fraction of sp³-hybridized carbons (Fsp3) is 0. The highest BCUT2D eigenvalue weighted by Gasteiger charge is 2.23. The number of nitrogens with zero attached hydrogens (tertiary/aromatic N) is 2. The second-order valence-electron chi connectivity index (χ2n) is 3.53. The van der Waals surface area contributed by atoms with Crippen LogP contribution in [0.3, 0.4) is 0 Å². The fourth-order valence-corrected chi connectivity index (χ4v) is 24.8. The highest BCUT2D eigenvalue weighted by molar-refractivity contribution is 9.16. The molecule has 0 saturated carbocycles. The maximum atomic E-state index is 5.59. The molecule has 2 unspecified atom stereocenters. The lowest BCUT2D eigenvalue weighted by Crippen LogP contribution is -2.30. The first kappa shape index (κ1) is 16.0. The molecule has 0 N–H and O–H groups in total.